The summed E-state index contributed by atoms with van der Waals surface area (Å²) in [6, 6.07) is 65.1. The fraction of sp³-hybridized carbons (Fsp3) is 0.0233. The van der Waals surface area contributed by atoms with E-state index in [1.165, 1.54) is 50.1 Å². The first kappa shape index (κ1) is 27.2. The Labute approximate surface area is 260 Å². The maximum Gasteiger partial charge on any atom is 0.0462 e. The normalized spacial score (nSPS) is 10.8. The average Bonchev–Trinajstić information content (AvgIpc) is 3.10. The van der Waals surface area contributed by atoms with Gasteiger partial charge in [0.1, 0.15) is 0 Å². The largest absolute Gasteiger partial charge is 0.311 e. The molecule has 0 saturated heterocycles. The fourth-order valence-electron chi connectivity index (χ4n) is 5.86. The summed E-state index contributed by atoms with van der Waals surface area (Å²) in [6.07, 6.45) is 0. The van der Waals surface area contributed by atoms with Gasteiger partial charge in [0.15, 0.2) is 0 Å². The minimum absolute atomic E-state index is 1.12. The van der Waals surface area contributed by atoms with E-state index >= 15 is 0 Å². The minimum atomic E-state index is 1.12. The van der Waals surface area contributed by atoms with Crippen LogP contribution in [0.3, 0.4) is 0 Å². The molecule has 0 spiro atoms. The molecule has 7 aromatic rings. The second-order valence-electron chi connectivity index (χ2n) is 11.2. The fourth-order valence-corrected chi connectivity index (χ4v) is 5.86. The van der Waals surface area contributed by atoms with Gasteiger partial charge in [0, 0.05) is 17.1 Å². The monoisotopic (exact) mass is 563 g/mol. The molecule has 1 nitrogen and oxygen atoms in total. The van der Waals surface area contributed by atoms with Gasteiger partial charge in [-0.05, 0) is 99.5 Å². The highest BCUT2D eigenvalue weighted by Crippen LogP contribution is 2.38. The molecule has 0 heterocycles. The lowest BCUT2D eigenvalue weighted by Gasteiger charge is -2.26. The van der Waals surface area contributed by atoms with E-state index in [9.17, 15) is 0 Å². The SMILES string of the molecule is Cc1cc(-c2ccccc2)cc(-c2ccc(N(c3ccc(-c4ccccc4)cc3)c3ccc(-c4ccccc4)cc3)cc2)c1. The van der Waals surface area contributed by atoms with Crippen LogP contribution in [0, 0.1) is 6.92 Å². The number of rotatable bonds is 7. The third-order valence-corrected chi connectivity index (χ3v) is 8.11. The quantitative estimate of drug-likeness (QED) is 0.186. The number of anilines is 3. The van der Waals surface area contributed by atoms with E-state index in [2.05, 4.69) is 194 Å². The van der Waals surface area contributed by atoms with Crippen molar-refractivity contribution in [1.29, 1.82) is 0 Å². The Morgan fingerprint density at radius 1 is 0.273 bits per heavy atom. The Bertz CT molecular complexity index is 1880. The van der Waals surface area contributed by atoms with Crippen LogP contribution in [-0.2, 0) is 0 Å². The van der Waals surface area contributed by atoms with Gasteiger partial charge < -0.3 is 4.90 Å². The molecule has 0 unspecified atom stereocenters. The van der Waals surface area contributed by atoms with E-state index in [4.69, 9.17) is 0 Å². The van der Waals surface area contributed by atoms with Crippen molar-refractivity contribution < 1.29 is 0 Å². The van der Waals surface area contributed by atoms with Gasteiger partial charge >= 0.3 is 0 Å². The molecule has 0 radical (unpaired) electrons. The second-order valence-corrected chi connectivity index (χ2v) is 11.2. The molecule has 0 N–H and O–H groups in total. The van der Waals surface area contributed by atoms with Crippen molar-refractivity contribution in [1.82, 2.24) is 0 Å². The van der Waals surface area contributed by atoms with Crippen LogP contribution in [-0.4, -0.2) is 0 Å². The summed E-state index contributed by atoms with van der Waals surface area (Å²) in [6.45, 7) is 2.17. The number of hydrogen-bond acceptors (Lipinski definition) is 1. The summed E-state index contributed by atoms with van der Waals surface area (Å²) in [5, 5.41) is 0. The number of nitrogens with zero attached hydrogens (tertiary/aromatic N) is 1. The zero-order valence-corrected chi connectivity index (χ0v) is 24.8. The lowest BCUT2D eigenvalue weighted by molar-refractivity contribution is 1.28. The van der Waals surface area contributed by atoms with Gasteiger partial charge in [-0.3, -0.25) is 0 Å². The molecular formula is C43H33N. The zero-order chi connectivity index (χ0) is 29.7. The zero-order valence-electron chi connectivity index (χ0n) is 24.8. The van der Waals surface area contributed by atoms with Gasteiger partial charge in [0.25, 0.3) is 0 Å². The van der Waals surface area contributed by atoms with E-state index in [0.717, 1.165) is 17.1 Å². The highest BCUT2D eigenvalue weighted by atomic mass is 15.1. The molecule has 7 aromatic carbocycles. The molecular weight excluding hydrogens is 530 g/mol. The average molecular weight is 564 g/mol. The molecule has 0 aliphatic heterocycles. The summed E-state index contributed by atoms with van der Waals surface area (Å²) in [7, 11) is 0. The van der Waals surface area contributed by atoms with E-state index in [-0.39, 0.29) is 0 Å². The predicted molar refractivity (Wildman–Crippen MR) is 188 cm³/mol. The van der Waals surface area contributed by atoms with Crippen molar-refractivity contribution in [3.8, 4) is 44.5 Å². The van der Waals surface area contributed by atoms with Gasteiger partial charge in [-0.1, -0.05) is 140 Å². The van der Waals surface area contributed by atoms with Crippen LogP contribution in [0.25, 0.3) is 44.5 Å². The Kier molecular flexibility index (Phi) is 7.60. The summed E-state index contributed by atoms with van der Waals surface area (Å²) in [4.78, 5) is 2.33. The van der Waals surface area contributed by atoms with Gasteiger partial charge in [0.2, 0.25) is 0 Å². The second kappa shape index (κ2) is 12.3. The number of hydrogen-bond donors (Lipinski definition) is 0. The molecule has 0 fully saturated rings. The molecule has 210 valence electrons. The standard InChI is InChI=1S/C43H33N/c1-32-29-39(35-15-9-4-10-16-35)31-40(30-32)38-21-27-43(28-22-38)44(41-23-17-36(18-24-41)33-11-5-2-6-12-33)42-25-19-37(20-26-42)34-13-7-3-8-14-34/h2-31H,1H3. The topological polar surface area (TPSA) is 3.24 Å². The lowest BCUT2D eigenvalue weighted by atomic mass is 9.96. The van der Waals surface area contributed by atoms with E-state index < -0.39 is 0 Å². The van der Waals surface area contributed by atoms with Crippen LogP contribution in [0.15, 0.2) is 182 Å². The summed E-state index contributed by atoms with van der Waals surface area (Å²) >= 11 is 0. The molecule has 0 aromatic heterocycles. The Morgan fingerprint density at radius 2 is 0.545 bits per heavy atom. The van der Waals surface area contributed by atoms with Gasteiger partial charge in [-0.15, -0.1) is 0 Å². The predicted octanol–water partition coefficient (Wildman–Crippen LogP) is 12.1. The van der Waals surface area contributed by atoms with Crippen LogP contribution in [0.1, 0.15) is 5.56 Å². The summed E-state index contributed by atoms with van der Waals surface area (Å²) in [5.41, 5.74) is 14.4. The molecule has 0 amide bonds. The maximum atomic E-state index is 2.33. The molecule has 1 heteroatoms. The summed E-state index contributed by atoms with van der Waals surface area (Å²) < 4.78 is 0. The van der Waals surface area contributed by atoms with Crippen LogP contribution < -0.4 is 4.90 Å². The number of benzene rings is 7. The van der Waals surface area contributed by atoms with Gasteiger partial charge in [-0.2, -0.15) is 0 Å². The lowest BCUT2D eigenvalue weighted by Crippen LogP contribution is -2.09. The highest BCUT2D eigenvalue weighted by Gasteiger charge is 2.14. The van der Waals surface area contributed by atoms with Gasteiger partial charge in [0.05, 0.1) is 0 Å². The Balaban J connectivity index is 1.26. The molecule has 0 aliphatic carbocycles. The smallest absolute Gasteiger partial charge is 0.0462 e. The maximum absolute atomic E-state index is 2.33. The molecule has 44 heavy (non-hydrogen) atoms. The summed E-state index contributed by atoms with van der Waals surface area (Å²) in [5.74, 6) is 0. The molecule has 7 rings (SSSR count). The van der Waals surface area contributed by atoms with Crippen molar-refractivity contribution >= 4 is 17.1 Å². The highest BCUT2D eigenvalue weighted by molar-refractivity contribution is 5.82. The van der Waals surface area contributed by atoms with Crippen molar-refractivity contribution in [3.63, 3.8) is 0 Å². The van der Waals surface area contributed by atoms with Crippen LogP contribution >= 0.6 is 0 Å². The van der Waals surface area contributed by atoms with E-state index in [1.807, 2.05) is 0 Å². The molecule has 0 atom stereocenters. The van der Waals surface area contributed by atoms with Crippen molar-refractivity contribution in [2.75, 3.05) is 4.90 Å². The molecule has 0 aliphatic rings. The number of aryl methyl sites for hydroxylation is 1. The minimum Gasteiger partial charge on any atom is -0.311 e. The van der Waals surface area contributed by atoms with Crippen molar-refractivity contribution in [2.24, 2.45) is 0 Å². The van der Waals surface area contributed by atoms with E-state index in [1.54, 1.807) is 0 Å². The van der Waals surface area contributed by atoms with Gasteiger partial charge in [-0.25, -0.2) is 0 Å². The van der Waals surface area contributed by atoms with Crippen LogP contribution in [0.4, 0.5) is 17.1 Å². The third kappa shape index (κ3) is 5.82. The molecule has 0 bridgehead atoms. The van der Waals surface area contributed by atoms with Crippen LogP contribution in [0.2, 0.25) is 0 Å². The first-order chi connectivity index (χ1) is 21.7. The van der Waals surface area contributed by atoms with E-state index in [0.29, 0.717) is 0 Å². The Morgan fingerprint density at radius 3 is 0.886 bits per heavy atom. The Hall–Kier alpha value is -5.66. The first-order valence-corrected chi connectivity index (χ1v) is 15.1. The van der Waals surface area contributed by atoms with Crippen molar-refractivity contribution in [3.05, 3.63) is 188 Å². The molecule has 0 saturated carbocycles. The van der Waals surface area contributed by atoms with Crippen LogP contribution in [0.5, 0.6) is 0 Å². The third-order valence-electron chi connectivity index (χ3n) is 8.11. The van der Waals surface area contributed by atoms with Crippen molar-refractivity contribution in [2.45, 2.75) is 6.92 Å². The first-order valence-electron chi connectivity index (χ1n) is 15.1.